The van der Waals surface area contributed by atoms with Crippen LogP contribution in [0.1, 0.15) is 18.7 Å². The summed E-state index contributed by atoms with van der Waals surface area (Å²) in [7, 11) is 0. The number of carbonyl (C=O) groups excluding carboxylic acids is 1. The molecule has 0 fully saturated rings. The molecule has 0 bridgehead atoms. The van der Waals surface area contributed by atoms with E-state index >= 15 is 0 Å². The van der Waals surface area contributed by atoms with E-state index in [9.17, 15) is 4.79 Å². The van der Waals surface area contributed by atoms with Gasteiger partial charge in [0.05, 0.1) is 11.1 Å². The number of nitrogens with zero attached hydrogens (tertiary/aromatic N) is 3. The van der Waals surface area contributed by atoms with Gasteiger partial charge in [-0.2, -0.15) is 5.10 Å². The van der Waals surface area contributed by atoms with Crippen molar-refractivity contribution >= 4 is 28.6 Å². The lowest BCUT2D eigenvalue weighted by atomic mass is 10.1. The van der Waals surface area contributed by atoms with Crippen LogP contribution in [0.5, 0.6) is 5.75 Å². The quantitative estimate of drug-likeness (QED) is 0.426. The molecule has 3 rings (SSSR count). The lowest BCUT2D eigenvalue weighted by molar-refractivity contribution is -0.123. The summed E-state index contributed by atoms with van der Waals surface area (Å²) in [6, 6.07) is 17.6. The van der Waals surface area contributed by atoms with Crippen LogP contribution in [0, 0.1) is 0 Å². The molecule has 0 spiro atoms. The molecule has 2 aromatic carbocycles. The van der Waals surface area contributed by atoms with E-state index in [0.717, 1.165) is 34.2 Å². The first-order chi connectivity index (χ1) is 14.2. The fraction of sp³-hybridized carbons (Fsp3) is 0.227. The summed E-state index contributed by atoms with van der Waals surface area (Å²) in [5.74, 6) is 0.335. The molecular formula is C22H24N4O2S. The monoisotopic (exact) mass is 408 g/mol. The fourth-order valence-electron chi connectivity index (χ4n) is 2.77. The molecule has 6 nitrogen and oxygen atoms in total. The molecule has 1 N–H and O–H groups in total. The van der Waals surface area contributed by atoms with Gasteiger partial charge < -0.3 is 9.64 Å². The number of thiazole rings is 1. The molecule has 3 aromatic rings. The zero-order valence-electron chi connectivity index (χ0n) is 16.5. The summed E-state index contributed by atoms with van der Waals surface area (Å²) < 4.78 is 5.72. The van der Waals surface area contributed by atoms with Crippen LogP contribution < -0.4 is 15.1 Å². The number of hydrogen-bond acceptors (Lipinski definition) is 6. The lowest BCUT2D eigenvalue weighted by Gasteiger charge is -2.16. The highest BCUT2D eigenvalue weighted by Gasteiger charge is 2.09. The highest BCUT2D eigenvalue weighted by Crippen LogP contribution is 2.29. The highest BCUT2D eigenvalue weighted by atomic mass is 32.1. The van der Waals surface area contributed by atoms with Gasteiger partial charge in [0.1, 0.15) is 5.75 Å². The summed E-state index contributed by atoms with van der Waals surface area (Å²) in [5, 5.41) is 4.95. The van der Waals surface area contributed by atoms with Gasteiger partial charge in [-0.25, -0.2) is 10.4 Å². The molecule has 0 saturated carbocycles. The second-order valence-electron chi connectivity index (χ2n) is 6.16. The van der Waals surface area contributed by atoms with Gasteiger partial charge in [0.25, 0.3) is 5.91 Å². The first-order valence-corrected chi connectivity index (χ1v) is 10.3. The number of anilines is 1. The molecule has 1 heterocycles. The van der Waals surface area contributed by atoms with Crippen LogP contribution in [0.15, 0.2) is 65.9 Å². The highest BCUT2D eigenvalue weighted by molar-refractivity contribution is 7.17. The second kappa shape index (κ2) is 10.4. The third kappa shape index (κ3) is 5.65. The molecule has 0 radical (unpaired) electrons. The van der Waals surface area contributed by atoms with E-state index in [4.69, 9.17) is 4.74 Å². The SMILES string of the molecule is CCN(CC)c1ncc(/C=N\NC(=O)COc2ccccc2-c2ccccc2)s1. The van der Waals surface area contributed by atoms with Crippen molar-refractivity contribution in [3.8, 4) is 16.9 Å². The van der Waals surface area contributed by atoms with Crippen LogP contribution in [-0.2, 0) is 4.79 Å². The Hall–Kier alpha value is -3.19. The predicted octanol–water partition coefficient (Wildman–Crippen LogP) is 4.19. The maximum Gasteiger partial charge on any atom is 0.277 e. The van der Waals surface area contributed by atoms with Gasteiger partial charge >= 0.3 is 0 Å². The molecule has 150 valence electrons. The maximum absolute atomic E-state index is 12.1. The number of carbonyl (C=O) groups is 1. The number of nitrogens with one attached hydrogen (secondary N) is 1. The maximum atomic E-state index is 12.1. The van der Waals surface area contributed by atoms with Crippen LogP contribution in [0.3, 0.4) is 0 Å². The molecule has 29 heavy (non-hydrogen) atoms. The Balaban J connectivity index is 1.54. The Morgan fingerprint density at radius 1 is 1.14 bits per heavy atom. The van der Waals surface area contributed by atoms with Gasteiger partial charge in [-0.15, -0.1) is 0 Å². The number of amides is 1. The fourth-order valence-corrected chi connectivity index (χ4v) is 3.68. The van der Waals surface area contributed by atoms with Crippen LogP contribution >= 0.6 is 11.3 Å². The van der Waals surface area contributed by atoms with Crippen LogP contribution in [0.25, 0.3) is 11.1 Å². The van der Waals surface area contributed by atoms with Crippen LogP contribution in [0.4, 0.5) is 5.13 Å². The summed E-state index contributed by atoms with van der Waals surface area (Å²) in [6.45, 7) is 5.87. The number of para-hydroxylation sites is 1. The van der Waals surface area contributed by atoms with Gasteiger partial charge in [0.2, 0.25) is 0 Å². The molecule has 0 aliphatic rings. The number of hydrogen-bond donors (Lipinski definition) is 1. The molecular weight excluding hydrogens is 384 g/mol. The van der Waals surface area contributed by atoms with Crippen molar-refractivity contribution in [3.05, 3.63) is 65.7 Å². The second-order valence-corrected chi connectivity index (χ2v) is 7.20. The zero-order valence-corrected chi connectivity index (χ0v) is 17.4. The molecule has 0 saturated heterocycles. The van der Waals surface area contributed by atoms with Crippen molar-refractivity contribution in [1.82, 2.24) is 10.4 Å². The number of ether oxygens (including phenoxy) is 1. The van der Waals surface area contributed by atoms with Crippen molar-refractivity contribution in [3.63, 3.8) is 0 Å². The summed E-state index contributed by atoms with van der Waals surface area (Å²) >= 11 is 1.53. The van der Waals surface area contributed by atoms with E-state index < -0.39 is 0 Å². The normalized spacial score (nSPS) is 10.8. The Bertz CT molecular complexity index is 952. The Morgan fingerprint density at radius 3 is 2.62 bits per heavy atom. The standard InChI is InChI=1S/C22H24N4O2S/c1-3-26(4-2)22-23-14-18(29-22)15-24-25-21(27)16-28-20-13-9-8-12-19(20)17-10-6-5-7-11-17/h5-15H,3-4,16H2,1-2H3,(H,25,27)/b24-15-. The van der Waals surface area contributed by atoms with Crippen molar-refractivity contribution < 1.29 is 9.53 Å². The van der Waals surface area contributed by atoms with E-state index in [-0.39, 0.29) is 12.5 Å². The van der Waals surface area contributed by atoms with E-state index in [2.05, 4.69) is 34.3 Å². The third-order valence-corrected chi connectivity index (χ3v) is 5.25. The minimum absolute atomic E-state index is 0.116. The van der Waals surface area contributed by atoms with Gasteiger partial charge in [0, 0.05) is 24.8 Å². The Morgan fingerprint density at radius 2 is 1.86 bits per heavy atom. The summed E-state index contributed by atoms with van der Waals surface area (Å²) in [4.78, 5) is 19.5. The predicted molar refractivity (Wildman–Crippen MR) is 119 cm³/mol. The number of hydrazone groups is 1. The Kier molecular flexibility index (Phi) is 7.35. The molecule has 0 unspecified atom stereocenters. The van der Waals surface area contributed by atoms with Crippen molar-refractivity contribution in [2.45, 2.75) is 13.8 Å². The van der Waals surface area contributed by atoms with Crippen molar-refractivity contribution in [1.29, 1.82) is 0 Å². The number of aromatic nitrogens is 1. The molecule has 0 atom stereocenters. The van der Waals surface area contributed by atoms with Gasteiger partial charge in [-0.1, -0.05) is 59.9 Å². The third-order valence-electron chi connectivity index (χ3n) is 4.26. The first-order valence-electron chi connectivity index (χ1n) is 9.51. The summed E-state index contributed by atoms with van der Waals surface area (Å²) in [5.41, 5.74) is 4.48. The van der Waals surface area contributed by atoms with E-state index in [1.807, 2.05) is 54.6 Å². The van der Waals surface area contributed by atoms with Crippen molar-refractivity contribution in [2.75, 3.05) is 24.6 Å². The van der Waals surface area contributed by atoms with Crippen molar-refractivity contribution in [2.24, 2.45) is 5.10 Å². The zero-order chi connectivity index (χ0) is 20.5. The minimum atomic E-state index is -0.322. The average molecular weight is 409 g/mol. The largest absolute Gasteiger partial charge is 0.483 e. The van der Waals surface area contributed by atoms with Gasteiger partial charge in [-0.05, 0) is 25.5 Å². The average Bonchev–Trinajstić information content (AvgIpc) is 3.22. The van der Waals surface area contributed by atoms with Crippen LogP contribution in [0.2, 0.25) is 0 Å². The number of rotatable bonds is 9. The minimum Gasteiger partial charge on any atom is -0.483 e. The molecule has 0 aliphatic heterocycles. The summed E-state index contributed by atoms with van der Waals surface area (Å²) in [6.07, 6.45) is 3.35. The van der Waals surface area contributed by atoms with Gasteiger partial charge in [-0.3, -0.25) is 4.79 Å². The first kappa shape index (κ1) is 20.5. The lowest BCUT2D eigenvalue weighted by Crippen LogP contribution is -2.24. The van der Waals surface area contributed by atoms with Gasteiger partial charge in [0.15, 0.2) is 11.7 Å². The van der Waals surface area contributed by atoms with Crippen LogP contribution in [-0.4, -0.2) is 36.8 Å². The number of benzene rings is 2. The molecule has 7 heteroatoms. The molecule has 1 aromatic heterocycles. The van der Waals surface area contributed by atoms with E-state index in [1.54, 1.807) is 12.4 Å². The van der Waals surface area contributed by atoms with E-state index in [1.165, 1.54) is 11.3 Å². The molecule has 0 aliphatic carbocycles. The Labute approximate surface area is 174 Å². The molecule has 1 amide bonds. The van der Waals surface area contributed by atoms with E-state index in [0.29, 0.717) is 5.75 Å². The topological polar surface area (TPSA) is 66.8 Å². The smallest absolute Gasteiger partial charge is 0.277 e.